The molecule has 4 atom stereocenters. The summed E-state index contributed by atoms with van der Waals surface area (Å²) in [6, 6.07) is 1.87. The molecule has 14 heteroatoms. The van der Waals surface area contributed by atoms with E-state index in [1.807, 2.05) is 6.26 Å². The first-order valence-electron chi connectivity index (χ1n) is 11.4. The molecule has 1 aromatic carbocycles. The van der Waals surface area contributed by atoms with Crippen LogP contribution in [0.4, 0.5) is 0 Å². The highest BCUT2D eigenvalue weighted by Gasteiger charge is 2.30. The predicted octanol–water partition coefficient (Wildman–Crippen LogP) is -0.550. The minimum absolute atomic E-state index is 0.0139. The van der Waals surface area contributed by atoms with Gasteiger partial charge in [0.15, 0.2) is 0 Å². The summed E-state index contributed by atoms with van der Waals surface area (Å²) in [4.78, 5) is 56.9. The Morgan fingerprint density at radius 3 is 2.22 bits per heavy atom. The Kier molecular flexibility index (Phi) is 12.3. The van der Waals surface area contributed by atoms with Gasteiger partial charge in [0.25, 0.3) is 0 Å². The monoisotopic (exact) mass is 552 g/mol. The second kappa shape index (κ2) is 15.1. The number of amides is 3. The topological polar surface area (TPSA) is 200 Å². The Balaban J connectivity index is 2.07. The number of aromatic hydroxyl groups is 1. The second-order valence-electron chi connectivity index (χ2n) is 8.24. The van der Waals surface area contributed by atoms with Crippen LogP contribution in [0.3, 0.4) is 0 Å². The number of rotatable bonds is 15. The number of H-pyrrole nitrogens is 1. The fourth-order valence-corrected chi connectivity index (χ4v) is 4.04. The third kappa shape index (κ3) is 9.98. The van der Waals surface area contributed by atoms with Crippen LogP contribution in [0.2, 0.25) is 0 Å². The molecule has 2 aromatic rings. The number of nitrogens with one attached hydrogen (secondary N) is 4. The molecule has 1 aromatic heterocycles. The normalized spacial score (nSPS) is 14.1. The summed E-state index contributed by atoms with van der Waals surface area (Å²) in [7, 11) is 0. The fraction of sp³-hybridized carbons (Fsp3) is 0.435. The number of aromatic amines is 1. The van der Waals surface area contributed by atoms with Crippen LogP contribution in [0, 0.1) is 0 Å². The number of thiol groups is 1. The van der Waals surface area contributed by atoms with Crippen LogP contribution in [-0.2, 0) is 32.0 Å². The average molecular weight is 553 g/mol. The summed E-state index contributed by atoms with van der Waals surface area (Å²) in [6.45, 7) is 0. The van der Waals surface area contributed by atoms with E-state index in [1.54, 1.807) is 12.1 Å². The van der Waals surface area contributed by atoms with Gasteiger partial charge in [-0.2, -0.15) is 24.4 Å². The van der Waals surface area contributed by atoms with Crippen LogP contribution in [0.1, 0.15) is 17.7 Å². The largest absolute Gasteiger partial charge is 0.508 e. The lowest BCUT2D eigenvalue weighted by molar-refractivity contribution is -0.142. The van der Waals surface area contributed by atoms with Crippen LogP contribution in [-0.4, -0.2) is 85.8 Å². The van der Waals surface area contributed by atoms with Gasteiger partial charge in [0, 0.05) is 24.1 Å². The number of phenols is 1. The number of aromatic nitrogens is 2. The minimum Gasteiger partial charge on any atom is -0.508 e. The second-order valence-corrected chi connectivity index (χ2v) is 9.59. The number of hydrogen-bond donors (Lipinski definition) is 8. The van der Waals surface area contributed by atoms with Crippen LogP contribution < -0.4 is 21.7 Å². The van der Waals surface area contributed by atoms with Gasteiger partial charge in [0.1, 0.15) is 23.9 Å². The number of carbonyl (C=O) groups is 4. The molecule has 12 nitrogen and oxygen atoms in total. The van der Waals surface area contributed by atoms with E-state index in [4.69, 9.17) is 5.73 Å². The molecular weight excluding hydrogens is 520 g/mol. The van der Waals surface area contributed by atoms with Gasteiger partial charge < -0.3 is 36.9 Å². The van der Waals surface area contributed by atoms with Gasteiger partial charge in [-0.15, -0.1) is 0 Å². The van der Waals surface area contributed by atoms with E-state index in [2.05, 4.69) is 38.5 Å². The molecule has 1 heterocycles. The first kappa shape index (κ1) is 30.0. The van der Waals surface area contributed by atoms with Crippen LogP contribution in [0.5, 0.6) is 5.75 Å². The van der Waals surface area contributed by atoms with Crippen molar-refractivity contribution in [3.8, 4) is 5.75 Å². The molecule has 0 radical (unpaired) electrons. The Morgan fingerprint density at radius 1 is 1.03 bits per heavy atom. The number of hydrogen-bond acceptors (Lipinski definition) is 9. The third-order valence-electron chi connectivity index (χ3n) is 5.38. The summed E-state index contributed by atoms with van der Waals surface area (Å²) in [5, 5.41) is 26.4. The van der Waals surface area contributed by atoms with Gasteiger partial charge in [-0.1, -0.05) is 12.1 Å². The highest BCUT2D eigenvalue weighted by molar-refractivity contribution is 7.98. The molecule has 37 heavy (non-hydrogen) atoms. The molecule has 0 spiro atoms. The maximum absolute atomic E-state index is 13.0. The zero-order chi connectivity index (χ0) is 27.4. The van der Waals surface area contributed by atoms with Crippen LogP contribution >= 0.6 is 24.4 Å². The summed E-state index contributed by atoms with van der Waals surface area (Å²) in [5.41, 5.74) is 7.25. The van der Waals surface area contributed by atoms with Crippen LogP contribution in [0.15, 0.2) is 36.8 Å². The molecule has 0 aliphatic carbocycles. The number of carbonyl (C=O) groups excluding carboxylic acids is 3. The van der Waals surface area contributed by atoms with Crippen molar-refractivity contribution < 1.29 is 29.4 Å². The number of carboxylic acid groups (broad SMARTS) is 1. The van der Waals surface area contributed by atoms with Crippen molar-refractivity contribution in [3.63, 3.8) is 0 Å². The minimum atomic E-state index is -1.18. The van der Waals surface area contributed by atoms with Crippen molar-refractivity contribution in [1.82, 2.24) is 25.9 Å². The van der Waals surface area contributed by atoms with Gasteiger partial charge >= 0.3 is 5.97 Å². The summed E-state index contributed by atoms with van der Waals surface area (Å²) in [6.07, 6.45) is 5.11. The molecule has 202 valence electrons. The number of nitrogens with two attached hydrogens (primary N) is 1. The molecule has 8 N–H and O–H groups in total. The molecule has 0 bridgehead atoms. The number of phenolic OH excluding ortho intramolecular Hbond substituents is 1. The molecule has 0 saturated heterocycles. The highest BCUT2D eigenvalue weighted by atomic mass is 32.2. The van der Waals surface area contributed by atoms with E-state index in [-0.39, 0.29) is 30.8 Å². The third-order valence-corrected chi connectivity index (χ3v) is 6.39. The van der Waals surface area contributed by atoms with Gasteiger partial charge in [-0.25, -0.2) is 9.78 Å². The van der Waals surface area contributed by atoms with Gasteiger partial charge in [-0.05, 0) is 42.5 Å². The van der Waals surface area contributed by atoms with E-state index in [1.165, 1.54) is 36.4 Å². The Morgan fingerprint density at radius 2 is 1.65 bits per heavy atom. The molecule has 0 aliphatic heterocycles. The molecule has 3 amide bonds. The van der Waals surface area contributed by atoms with Crippen molar-refractivity contribution in [2.45, 2.75) is 43.4 Å². The fourth-order valence-electron chi connectivity index (χ4n) is 3.31. The van der Waals surface area contributed by atoms with E-state index in [9.17, 15) is 29.4 Å². The molecular formula is C23H32N6O6S2. The van der Waals surface area contributed by atoms with Crippen molar-refractivity contribution in [2.24, 2.45) is 5.73 Å². The van der Waals surface area contributed by atoms with E-state index in [0.29, 0.717) is 11.4 Å². The highest BCUT2D eigenvalue weighted by Crippen LogP contribution is 2.11. The van der Waals surface area contributed by atoms with Gasteiger partial charge in [0.2, 0.25) is 17.7 Å². The van der Waals surface area contributed by atoms with E-state index >= 15 is 0 Å². The average Bonchev–Trinajstić information content (AvgIpc) is 3.38. The first-order valence-corrected chi connectivity index (χ1v) is 13.4. The summed E-state index contributed by atoms with van der Waals surface area (Å²) >= 11 is 5.60. The zero-order valence-corrected chi connectivity index (χ0v) is 21.9. The number of nitrogens with zero attached hydrogens (tertiary/aromatic N) is 1. The first-order chi connectivity index (χ1) is 17.6. The Hall–Kier alpha value is -3.23. The maximum atomic E-state index is 13.0. The van der Waals surface area contributed by atoms with Crippen LogP contribution in [0.25, 0.3) is 0 Å². The van der Waals surface area contributed by atoms with Gasteiger partial charge in [0.05, 0.1) is 12.4 Å². The number of imidazole rings is 1. The zero-order valence-electron chi connectivity index (χ0n) is 20.2. The quantitative estimate of drug-likeness (QED) is 0.134. The molecule has 4 unspecified atom stereocenters. The summed E-state index contributed by atoms with van der Waals surface area (Å²) in [5.74, 6) is -2.63. The standard InChI is InChI=1S/C23H32N6O6S2/c1-37-7-6-17(23(34)35)27-21(32)18(9-14-10-25-12-26-14)28-22(33)19(11-36)29-20(31)16(24)8-13-2-4-15(30)5-3-13/h2-5,10,12,16-19,30,36H,6-9,11,24H2,1H3,(H,25,26)(H,27,32)(H,28,33)(H,29,31)(H,34,35). The predicted molar refractivity (Wildman–Crippen MR) is 142 cm³/mol. The Bertz CT molecular complexity index is 1040. The lowest BCUT2D eigenvalue weighted by atomic mass is 10.1. The van der Waals surface area contributed by atoms with Crippen molar-refractivity contribution in [1.29, 1.82) is 0 Å². The molecule has 0 saturated carbocycles. The number of benzene rings is 1. The van der Waals surface area contributed by atoms with Crippen molar-refractivity contribution in [3.05, 3.63) is 48.0 Å². The van der Waals surface area contributed by atoms with Gasteiger partial charge in [-0.3, -0.25) is 14.4 Å². The van der Waals surface area contributed by atoms with Crippen molar-refractivity contribution >= 4 is 48.1 Å². The maximum Gasteiger partial charge on any atom is 0.326 e. The summed E-state index contributed by atoms with van der Waals surface area (Å²) < 4.78 is 0. The number of aliphatic carboxylic acids is 1. The molecule has 0 fully saturated rings. The number of thioether (sulfide) groups is 1. The Labute approximate surface area is 224 Å². The molecule has 0 aliphatic rings. The molecule has 2 rings (SSSR count). The van der Waals surface area contributed by atoms with Crippen molar-refractivity contribution in [2.75, 3.05) is 17.8 Å². The van der Waals surface area contributed by atoms with E-state index in [0.717, 1.165) is 5.56 Å². The SMILES string of the molecule is CSCCC(NC(=O)C(Cc1cnc[nH]1)NC(=O)C(CS)NC(=O)C(N)Cc1ccc(O)cc1)C(=O)O. The smallest absolute Gasteiger partial charge is 0.326 e. The lowest BCUT2D eigenvalue weighted by Crippen LogP contribution is -2.58. The lowest BCUT2D eigenvalue weighted by Gasteiger charge is -2.24. The number of carboxylic acids is 1. The van der Waals surface area contributed by atoms with E-state index < -0.39 is 47.9 Å².